The smallest absolute Gasteiger partial charge is 0.340 e. The molecule has 0 saturated heterocycles. The van der Waals surface area contributed by atoms with Crippen LogP contribution in [-0.4, -0.2) is 40.2 Å². The van der Waals surface area contributed by atoms with Crippen molar-refractivity contribution in [2.45, 2.75) is 70.4 Å². The predicted octanol–water partition coefficient (Wildman–Crippen LogP) is 5.26. The predicted molar refractivity (Wildman–Crippen MR) is 121 cm³/mol. The lowest BCUT2D eigenvalue weighted by Crippen LogP contribution is -2.42. The van der Waals surface area contributed by atoms with Crippen molar-refractivity contribution >= 4 is 23.6 Å². The minimum absolute atomic E-state index is 0.153. The summed E-state index contributed by atoms with van der Waals surface area (Å²) < 4.78 is 5.22. The molecule has 1 N–H and O–H groups in total. The summed E-state index contributed by atoms with van der Waals surface area (Å²) in [4.78, 5) is 32.1. The Kier molecular flexibility index (Phi) is 8.02. The van der Waals surface area contributed by atoms with E-state index in [0.29, 0.717) is 24.5 Å². The van der Waals surface area contributed by atoms with Crippen LogP contribution in [0, 0.1) is 13.8 Å². The standard InChI is InChI=1S/C24H32N2O3S/c1-4-29-24(28)23-17(2)21(25-18(23)3)15-26(19-11-7-5-8-12-19)22(27)16-30-20-13-9-6-10-14-20/h6,9-10,13-14,19,25H,4-5,7-8,11-12,15-16H2,1-3H3. The molecular weight excluding hydrogens is 396 g/mol. The molecule has 0 unspecified atom stereocenters. The number of carbonyl (C=O) groups excluding carboxylic acids is 2. The van der Waals surface area contributed by atoms with Gasteiger partial charge >= 0.3 is 5.97 Å². The largest absolute Gasteiger partial charge is 0.462 e. The van der Waals surface area contributed by atoms with Gasteiger partial charge in [-0.3, -0.25) is 4.79 Å². The molecule has 1 aromatic carbocycles. The number of amides is 1. The number of ether oxygens (including phenoxy) is 1. The van der Waals surface area contributed by atoms with Crippen LogP contribution in [0.1, 0.15) is 66.3 Å². The summed E-state index contributed by atoms with van der Waals surface area (Å²) in [5, 5.41) is 0. The highest BCUT2D eigenvalue weighted by molar-refractivity contribution is 8.00. The van der Waals surface area contributed by atoms with E-state index < -0.39 is 0 Å². The molecule has 162 valence electrons. The zero-order chi connectivity index (χ0) is 21.5. The fourth-order valence-corrected chi connectivity index (χ4v) is 5.02. The van der Waals surface area contributed by atoms with Crippen molar-refractivity contribution in [3.05, 3.63) is 52.8 Å². The first-order valence-corrected chi connectivity index (χ1v) is 11.8. The number of aryl methyl sites for hydroxylation is 1. The van der Waals surface area contributed by atoms with Gasteiger partial charge in [0.25, 0.3) is 0 Å². The molecule has 0 spiro atoms. The van der Waals surface area contributed by atoms with E-state index in [1.807, 2.05) is 56.0 Å². The van der Waals surface area contributed by atoms with Crippen LogP contribution >= 0.6 is 11.8 Å². The number of aromatic nitrogens is 1. The minimum atomic E-state index is -0.301. The van der Waals surface area contributed by atoms with Crippen LogP contribution < -0.4 is 0 Å². The van der Waals surface area contributed by atoms with Crippen molar-refractivity contribution in [1.82, 2.24) is 9.88 Å². The molecule has 3 rings (SSSR count). The van der Waals surface area contributed by atoms with Crippen molar-refractivity contribution in [3.63, 3.8) is 0 Å². The lowest BCUT2D eigenvalue weighted by molar-refractivity contribution is -0.132. The van der Waals surface area contributed by atoms with Gasteiger partial charge in [0.15, 0.2) is 0 Å². The van der Waals surface area contributed by atoms with E-state index >= 15 is 0 Å². The number of hydrogen-bond donors (Lipinski definition) is 1. The second-order valence-corrected chi connectivity index (χ2v) is 8.91. The third-order valence-corrected chi connectivity index (χ3v) is 6.79. The van der Waals surface area contributed by atoms with E-state index in [4.69, 9.17) is 4.74 Å². The van der Waals surface area contributed by atoms with Crippen LogP contribution in [0.4, 0.5) is 0 Å². The zero-order valence-electron chi connectivity index (χ0n) is 18.2. The Labute approximate surface area is 183 Å². The molecule has 2 aromatic rings. The molecule has 1 aliphatic carbocycles. The molecule has 5 nitrogen and oxygen atoms in total. The number of nitrogens with zero attached hydrogens (tertiary/aromatic N) is 1. The SMILES string of the molecule is CCOC(=O)c1c(C)[nH]c(CN(C(=O)CSc2ccccc2)C2CCCCC2)c1C. The number of H-pyrrole nitrogens is 1. The van der Waals surface area contributed by atoms with Gasteiger partial charge in [0.2, 0.25) is 5.91 Å². The Morgan fingerprint density at radius 2 is 1.83 bits per heavy atom. The van der Waals surface area contributed by atoms with E-state index in [1.165, 1.54) is 6.42 Å². The van der Waals surface area contributed by atoms with Crippen LogP contribution in [-0.2, 0) is 16.1 Å². The van der Waals surface area contributed by atoms with E-state index in [1.54, 1.807) is 11.8 Å². The van der Waals surface area contributed by atoms with E-state index in [9.17, 15) is 9.59 Å². The van der Waals surface area contributed by atoms with Crippen LogP contribution in [0.3, 0.4) is 0 Å². The van der Waals surface area contributed by atoms with Crippen molar-refractivity contribution in [2.24, 2.45) is 0 Å². The van der Waals surface area contributed by atoms with Crippen molar-refractivity contribution in [1.29, 1.82) is 0 Å². The number of nitrogens with one attached hydrogen (secondary N) is 1. The number of thioether (sulfide) groups is 1. The van der Waals surface area contributed by atoms with Gasteiger partial charge in [-0.25, -0.2) is 4.79 Å². The quantitative estimate of drug-likeness (QED) is 0.460. The summed E-state index contributed by atoms with van der Waals surface area (Å²) >= 11 is 1.58. The second kappa shape index (κ2) is 10.7. The number of rotatable bonds is 8. The summed E-state index contributed by atoms with van der Waals surface area (Å²) in [5.41, 5.74) is 3.21. The average molecular weight is 429 g/mol. The summed E-state index contributed by atoms with van der Waals surface area (Å²) in [6.07, 6.45) is 5.66. The molecule has 1 saturated carbocycles. The van der Waals surface area contributed by atoms with Gasteiger partial charge in [0.1, 0.15) is 0 Å². The maximum absolute atomic E-state index is 13.3. The maximum atomic E-state index is 13.3. The van der Waals surface area contributed by atoms with Gasteiger partial charge in [0.05, 0.1) is 24.5 Å². The second-order valence-electron chi connectivity index (χ2n) is 7.86. The van der Waals surface area contributed by atoms with Crippen LogP contribution in [0.25, 0.3) is 0 Å². The number of carbonyl (C=O) groups is 2. The minimum Gasteiger partial charge on any atom is -0.462 e. The third kappa shape index (κ3) is 5.48. The lowest BCUT2D eigenvalue weighted by Gasteiger charge is -2.34. The molecule has 1 aromatic heterocycles. The fraction of sp³-hybridized carbons (Fsp3) is 0.500. The summed E-state index contributed by atoms with van der Waals surface area (Å²) in [6, 6.07) is 10.3. The van der Waals surface area contributed by atoms with Gasteiger partial charge in [-0.1, -0.05) is 37.5 Å². The molecule has 0 atom stereocenters. The monoisotopic (exact) mass is 428 g/mol. The number of aromatic amines is 1. The zero-order valence-corrected chi connectivity index (χ0v) is 19.0. The van der Waals surface area contributed by atoms with Crippen LogP contribution in [0.15, 0.2) is 35.2 Å². The normalized spacial score (nSPS) is 14.5. The van der Waals surface area contributed by atoms with E-state index in [-0.39, 0.29) is 17.9 Å². The Bertz CT molecular complexity index is 857. The molecule has 30 heavy (non-hydrogen) atoms. The molecule has 0 aliphatic heterocycles. The lowest BCUT2D eigenvalue weighted by atomic mass is 9.94. The molecule has 1 aliphatic rings. The molecule has 0 bridgehead atoms. The third-order valence-electron chi connectivity index (χ3n) is 5.79. The van der Waals surface area contributed by atoms with Crippen molar-refractivity contribution in [2.75, 3.05) is 12.4 Å². The Balaban J connectivity index is 1.78. The Morgan fingerprint density at radius 1 is 1.13 bits per heavy atom. The van der Waals surface area contributed by atoms with Crippen LogP contribution in [0.2, 0.25) is 0 Å². The van der Waals surface area contributed by atoms with Gasteiger partial charge in [-0.15, -0.1) is 11.8 Å². The number of hydrogen-bond acceptors (Lipinski definition) is 4. The Morgan fingerprint density at radius 3 is 2.50 bits per heavy atom. The molecule has 1 fully saturated rings. The Hall–Kier alpha value is -2.21. The highest BCUT2D eigenvalue weighted by Crippen LogP contribution is 2.28. The van der Waals surface area contributed by atoms with Gasteiger partial charge in [0, 0.05) is 22.3 Å². The first kappa shape index (κ1) is 22.5. The molecule has 0 radical (unpaired) electrons. The van der Waals surface area contributed by atoms with Crippen molar-refractivity contribution in [3.8, 4) is 0 Å². The maximum Gasteiger partial charge on any atom is 0.340 e. The fourth-order valence-electron chi connectivity index (χ4n) is 4.21. The molecular formula is C24H32N2O3S. The topological polar surface area (TPSA) is 62.4 Å². The number of esters is 1. The summed E-state index contributed by atoms with van der Waals surface area (Å²) in [7, 11) is 0. The van der Waals surface area contributed by atoms with Crippen LogP contribution in [0.5, 0.6) is 0 Å². The van der Waals surface area contributed by atoms with Gasteiger partial charge < -0.3 is 14.6 Å². The molecule has 1 amide bonds. The summed E-state index contributed by atoms with van der Waals surface area (Å²) in [5.74, 6) is 0.273. The summed E-state index contributed by atoms with van der Waals surface area (Å²) in [6.45, 7) is 6.49. The van der Waals surface area contributed by atoms with E-state index in [2.05, 4.69) is 4.98 Å². The van der Waals surface area contributed by atoms with Crippen molar-refractivity contribution < 1.29 is 14.3 Å². The number of benzene rings is 1. The molecule has 1 heterocycles. The first-order chi connectivity index (χ1) is 14.5. The van der Waals surface area contributed by atoms with E-state index in [0.717, 1.165) is 47.5 Å². The molecule has 6 heteroatoms. The average Bonchev–Trinajstić information content (AvgIpc) is 3.04. The van der Waals surface area contributed by atoms with Gasteiger partial charge in [-0.05, 0) is 51.3 Å². The highest BCUT2D eigenvalue weighted by atomic mass is 32.2. The highest BCUT2D eigenvalue weighted by Gasteiger charge is 2.28. The first-order valence-electron chi connectivity index (χ1n) is 10.8. The van der Waals surface area contributed by atoms with Gasteiger partial charge in [-0.2, -0.15) is 0 Å².